The normalized spacial score (nSPS) is 16.1. The molecule has 1 fully saturated rings. The summed E-state index contributed by atoms with van der Waals surface area (Å²) in [6.45, 7) is 12.9. The molecule has 1 saturated heterocycles. The molecule has 1 aliphatic heterocycles. The zero-order valence-corrected chi connectivity index (χ0v) is 16.8. The van der Waals surface area contributed by atoms with Crippen LogP contribution in [0.4, 0.5) is 0 Å². The van der Waals surface area contributed by atoms with Crippen molar-refractivity contribution in [2.75, 3.05) is 65.7 Å². The second-order valence-electron chi connectivity index (χ2n) is 6.90. The monoisotopic (exact) mass is 370 g/mol. The molecule has 152 valence electrons. The number of carbonyl (C=O) groups is 2. The number of ether oxygens (including phenoxy) is 2. The van der Waals surface area contributed by atoms with Crippen LogP contribution in [-0.4, -0.2) is 87.1 Å². The van der Waals surface area contributed by atoms with Crippen LogP contribution in [0.5, 0.6) is 0 Å². The zero-order valence-electron chi connectivity index (χ0n) is 16.8. The first-order valence-electron chi connectivity index (χ1n) is 10.3. The molecule has 0 aromatic rings. The Morgan fingerprint density at radius 2 is 1.08 bits per heavy atom. The molecule has 0 aliphatic carbocycles. The second-order valence-corrected chi connectivity index (χ2v) is 6.90. The topological polar surface area (TPSA) is 59.1 Å². The highest BCUT2D eigenvalue weighted by Gasteiger charge is 2.16. The first-order chi connectivity index (χ1) is 12.7. The van der Waals surface area contributed by atoms with Crippen LogP contribution in [0.2, 0.25) is 0 Å². The molecule has 1 heterocycles. The van der Waals surface area contributed by atoms with Crippen LogP contribution in [0.1, 0.15) is 52.4 Å². The van der Waals surface area contributed by atoms with Crippen LogP contribution >= 0.6 is 0 Å². The third-order valence-corrected chi connectivity index (χ3v) is 4.85. The van der Waals surface area contributed by atoms with Crippen molar-refractivity contribution in [1.29, 1.82) is 0 Å². The van der Waals surface area contributed by atoms with E-state index in [0.717, 1.165) is 65.3 Å². The maximum atomic E-state index is 11.2. The van der Waals surface area contributed by atoms with Gasteiger partial charge in [-0.15, -0.1) is 0 Å². The lowest BCUT2D eigenvalue weighted by Crippen LogP contribution is -2.48. The van der Waals surface area contributed by atoms with E-state index in [1.165, 1.54) is 0 Å². The Hall–Kier alpha value is -0.820. The van der Waals surface area contributed by atoms with Gasteiger partial charge in [0, 0.05) is 78.2 Å². The standard InChI is InChI=1S/C20H38N2O4/c1-3-19(23)7-5-15-25-17-13-21-9-11-22(12-10-21)14-18-26-16-6-8-20(24)4-2/h3-18H2,1-2H3. The van der Waals surface area contributed by atoms with Gasteiger partial charge in [-0.2, -0.15) is 0 Å². The quantitative estimate of drug-likeness (QED) is 0.388. The number of piperazine rings is 1. The van der Waals surface area contributed by atoms with E-state index in [1.54, 1.807) is 0 Å². The van der Waals surface area contributed by atoms with Crippen LogP contribution < -0.4 is 0 Å². The summed E-state index contributed by atoms with van der Waals surface area (Å²) >= 11 is 0. The number of ketones is 2. The van der Waals surface area contributed by atoms with Crippen molar-refractivity contribution in [3.8, 4) is 0 Å². The SMILES string of the molecule is CCC(=O)CCCOCCN1CCN(CCOCCCC(=O)CC)CC1. The molecule has 1 rings (SSSR count). The highest BCUT2D eigenvalue weighted by molar-refractivity contribution is 5.78. The van der Waals surface area contributed by atoms with E-state index < -0.39 is 0 Å². The van der Waals surface area contributed by atoms with Crippen LogP contribution in [0.15, 0.2) is 0 Å². The Bertz CT molecular complexity index is 346. The average molecular weight is 371 g/mol. The van der Waals surface area contributed by atoms with Crippen molar-refractivity contribution < 1.29 is 19.1 Å². The largest absolute Gasteiger partial charge is 0.380 e. The molecule has 0 bridgehead atoms. The first kappa shape index (κ1) is 23.2. The van der Waals surface area contributed by atoms with E-state index >= 15 is 0 Å². The molecule has 0 saturated carbocycles. The molecule has 26 heavy (non-hydrogen) atoms. The third kappa shape index (κ3) is 11.7. The molecule has 6 nitrogen and oxygen atoms in total. The predicted octanol–water partition coefficient (Wildman–Crippen LogP) is 2.16. The summed E-state index contributed by atoms with van der Waals surface area (Å²) in [7, 11) is 0. The van der Waals surface area contributed by atoms with Gasteiger partial charge in [0.15, 0.2) is 0 Å². The van der Waals surface area contributed by atoms with Crippen molar-refractivity contribution in [2.45, 2.75) is 52.4 Å². The Morgan fingerprint density at radius 3 is 1.42 bits per heavy atom. The summed E-state index contributed by atoms with van der Waals surface area (Å²) < 4.78 is 11.3. The molecule has 6 heteroatoms. The Labute approximate surface area is 159 Å². The Balaban J connectivity index is 1.90. The van der Waals surface area contributed by atoms with Gasteiger partial charge in [-0.25, -0.2) is 0 Å². The highest BCUT2D eigenvalue weighted by atomic mass is 16.5. The summed E-state index contributed by atoms with van der Waals surface area (Å²) in [6, 6.07) is 0. The van der Waals surface area contributed by atoms with Gasteiger partial charge in [0.2, 0.25) is 0 Å². The highest BCUT2D eigenvalue weighted by Crippen LogP contribution is 2.02. The van der Waals surface area contributed by atoms with E-state index in [1.807, 2.05) is 13.8 Å². The molecule has 0 unspecified atom stereocenters. The van der Waals surface area contributed by atoms with Gasteiger partial charge >= 0.3 is 0 Å². The Morgan fingerprint density at radius 1 is 0.692 bits per heavy atom. The number of carbonyl (C=O) groups excluding carboxylic acids is 2. The molecule has 0 aromatic carbocycles. The predicted molar refractivity (Wildman–Crippen MR) is 104 cm³/mol. The van der Waals surface area contributed by atoms with Crippen molar-refractivity contribution in [3.63, 3.8) is 0 Å². The van der Waals surface area contributed by atoms with E-state index in [0.29, 0.717) is 50.5 Å². The average Bonchev–Trinajstić information content (AvgIpc) is 2.67. The van der Waals surface area contributed by atoms with Crippen molar-refractivity contribution in [2.24, 2.45) is 0 Å². The molecule has 0 spiro atoms. The molecule has 0 N–H and O–H groups in total. The minimum absolute atomic E-state index is 0.322. The maximum Gasteiger partial charge on any atom is 0.132 e. The van der Waals surface area contributed by atoms with Crippen LogP contribution in [0.3, 0.4) is 0 Å². The van der Waals surface area contributed by atoms with Gasteiger partial charge in [0.1, 0.15) is 11.6 Å². The minimum Gasteiger partial charge on any atom is -0.380 e. The van der Waals surface area contributed by atoms with Gasteiger partial charge < -0.3 is 9.47 Å². The summed E-state index contributed by atoms with van der Waals surface area (Å²) in [5, 5.41) is 0. The fourth-order valence-corrected chi connectivity index (χ4v) is 2.92. The fourth-order valence-electron chi connectivity index (χ4n) is 2.92. The zero-order chi connectivity index (χ0) is 19.0. The lowest BCUT2D eigenvalue weighted by molar-refractivity contribution is -0.119. The summed E-state index contributed by atoms with van der Waals surface area (Å²) in [5.41, 5.74) is 0. The van der Waals surface area contributed by atoms with Crippen LogP contribution in [0.25, 0.3) is 0 Å². The molecule has 0 amide bonds. The van der Waals surface area contributed by atoms with E-state index in [-0.39, 0.29) is 0 Å². The first-order valence-corrected chi connectivity index (χ1v) is 10.3. The number of hydrogen-bond donors (Lipinski definition) is 0. The van der Waals surface area contributed by atoms with Crippen LogP contribution in [0, 0.1) is 0 Å². The van der Waals surface area contributed by atoms with Crippen molar-refractivity contribution in [1.82, 2.24) is 9.80 Å². The summed E-state index contributed by atoms with van der Waals surface area (Å²) in [6.07, 6.45) is 4.24. The lowest BCUT2D eigenvalue weighted by Gasteiger charge is -2.34. The smallest absolute Gasteiger partial charge is 0.132 e. The number of rotatable bonds is 16. The van der Waals surface area contributed by atoms with Gasteiger partial charge in [0.25, 0.3) is 0 Å². The Kier molecular flexibility index (Phi) is 13.6. The van der Waals surface area contributed by atoms with E-state index in [4.69, 9.17) is 9.47 Å². The third-order valence-electron chi connectivity index (χ3n) is 4.85. The molecule has 0 atom stereocenters. The second kappa shape index (κ2) is 15.3. The minimum atomic E-state index is 0.322. The van der Waals surface area contributed by atoms with Crippen molar-refractivity contribution in [3.05, 3.63) is 0 Å². The van der Waals surface area contributed by atoms with Gasteiger partial charge in [-0.3, -0.25) is 19.4 Å². The lowest BCUT2D eigenvalue weighted by atomic mass is 10.2. The van der Waals surface area contributed by atoms with Crippen molar-refractivity contribution >= 4 is 11.6 Å². The number of hydrogen-bond acceptors (Lipinski definition) is 6. The molecule has 0 radical (unpaired) electrons. The van der Waals surface area contributed by atoms with Crippen LogP contribution in [-0.2, 0) is 19.1 Å². The molecule has 1 aliphatic rings. The van der Waals surface area contributed by atoms with Gasteiger partial charge in [-0.1, -0.05) is 13.8 Å². The number of Topliss-reactive ketones (excluding diaryl/α,β-unsaturated/α-hetero) is 2. The molecule has 0 aromatic heterocycles. The fraction of sp³-hybridized carbons (Fsp3) is 0.900. The van der Waals surface area contributed by atoms with E-state index in [9.17, 15) is 9.59 Å². The maximum absolute atomic E-state index is 11.2. The summed E-state index contributed by atoms with van der Waals surface area (Å²) in [5.74, 6) is 0.645. The van der Waals surface area contributed by atoms with E-state index in [2.05, 4.69) is 9.80 Å². The molecular weight excluding hydrogens is 332 g/mol. The van der Waals surface area contributed by atoms with Gasteiger partial charge in [-0.05, 0) is 12.8 Å². The number of nitrogens with zero attached hydrogens (tertiary/aromatic N) is 2. The summed E-state index contributed by atoms with van der Waals surface area (Å²) in [4.78, 5) is 27.3. The molecular formula is C20H38N2O4. The van der Waals surface area contributed by atoms with Gasteiger partial charge in [0.05, 0.1) is 13.2 Å².